The third kappa shape index (κ3) is 4.20. The molecule has 0 saturated heterocycles. The summed E-state index contributed by atoms with van der Waals surface area (Å²) >= 11 is 1.49. The molecule has 0 aromatic heterocycles. The molecule has 2 aliphatic heterocycles. The Bertz CT molecular complexity index is 1480. The van der Waals surface area contributed by atoms with Gasteiger partial charge in [-0.1, -0.05) is 88.0 Å². The number of fused-ring (bicyclic) bond motifs is 1. The van der Waals surface area contributed by atoms with Crippen molar-refractivity contribution in [2.75, 3.05) is 0 Å². The van der Waals surface area contributed by atoms with E-state index in [1.165, 1.54) is 17.8 Å². The van der Waals surface area contributed by atoms with Crippen molar-refractivity contribution in [2.24, 2.45) is 0 Å². The molecule has 0 spiro atoms. The van der Waals surface area contributed by atoms with Crippen molar-refractivity contribution in [1.82, 2.24) is 4.58 Å². The van der Waals surface area contributed by atoms with Gasteiger partial charge in [0.05, 0.1) is 28.5 Å². The molecule has 36 heavy (non-hydrogen) atoms. The Balaban J connectivity index is 1.67. The van der Waals surface area contributed by atoms with Crippen LogP contribution in [0.5, 0.6) is 0 Å². The van der Waals surface area contributed by atoms with Crippen LogP contribution in [0, 0.1) is 0 Å². The summed E-state index contributed by atoms with van der Waals surface area (Å²) in [7, 11) is -4.59. The smallest absolute Gasteiger partial charge is 0.627 e. The number of thioether (sulfide) groups is 1. The quantitative estimate of drug-likeness (QED) is 0.221. The second kappa shape index (κ2) is 9.13. The van der Waals surface area contributed by atoms with Crippen LogP contribution >= 0.6 is 11.8 Å². The highest BCUT2D eigenvalue weighted by atomic mass is 32.2. The van der Waals surface area contributed by atoms with Gasteiger partial charge in [0.1, 0.15) is 0 Å². The van der Waals surface area contributed by atoms with Crippen LogP contribution < -0.4 is 4.58 Å². The number of benzene rings is 4. The SMILES string of the molecule is F[B-]1(F)OC(c2ccccc2)=C/C(=[N+]2/C(=[N+](c3ccccc3)c3ccccc3)Sc3ccccc32)O1. The molecular weight excluding hydrogens is 477 g/mol. The Kier molecular flexibility index (Phi) is 5.66. The van der Waals surface area contributed by atoms with E-state index in [1.54, 1.807) is 28.8 Å². The summed E-state index contributed by atoms with van der Waals surface area (Å²) in [5, 5.41) is 0.695. The summed E-state index contributed by atoms with van der Waals surface area (Å²) in [5.41, 5.74) is 3.08. The van der Waals surface area contributed by atoms with E-state index in [0.717, 1.165) is 22.0 Å². The lowest BCUT2D eigenvalue weighted by atomic mass is 10.1. The highest BCUT2D eigenvalue weighted by Gasteiger charge is 2.49. The molecule has 8 heteroatoms. The first-order valence-corrected chi connectivity index (χ1v) is 12.3. The molecule has 0 radical (unpaired) electrons. The third-order valence-corrected chi connectivity index (χ3v) is 6.89. The first kappa shape index (κ1) is 22.3. The summed E-state index contributed by atoms with van der Waals surface area (Å²) in [5.74, 6) is 0.0518. The van der Waals surface area contributed by atoms with E-state index in [4.69, 9.17) is 9.31 Å². The van der Waals surface area contributed by atoms with E-state index >= 15 is 0 Å². The van der Waals surface area contributed by atoms with Gasteiger partial charge in [0, 0.05) is 35.9 Å². The second-order valence-corrected chi connectivity index (χ2v) is 9.19. The fourth-order valence-corrected chi connectivity index (χ4v) is 5.41. The predicted octanol–water partition coefficient (Wildman–Crippen LogP) is 7.19. The molecule has 4 aromatic carbocycles. The maximum atomic E-state index is 14.9. The lowest BCUT2D eigenvalue weighted by molar-refractivity contribution is -0.312. The van der Waals surface area contributed by atoms with Crippen molar-refractivity contribution in [3.63, 3.8) is 0 Å². The van der Waals surface area contributed by atoms with Crippen LogP contribution in [0.4, 0.5) is 25.7 Å². The van der Waals surface area contributed by atoms with Gasteiger partial charge >= 0.3 is 18.2 Å². The zero-order chi connectivity index (χ0) is 24.5. The van der Waals surface area contributed by atoms with Crippen LogP contribution in [0.1, 0.15) is 5.56 Å². The number of amidine groups is 1. The molecule has 2 aliphatic rings. The lowest BCUT2D eigenvalue weighted by Gasteiger charge is -2.31. The van der Waals surface area contributed by atoms with Gasteiger partial charge in [0.15, 0.2) is 0 Å². The minimum Gasteiger partial charge on any atom is -0.627 e. The van der Waals surface area contributed by atoms with Gasteiger partial charge in [-0.05, 0) is 6.07 Å². The highest BCUT2D eigenvalue weighted by molar-refractivity contribution is 8.13. The molecule has 176 valence electrons. The number of nitrogens with zero attached hydrogens (tertiary/aromatic N) is 2. The Labute approximate surface area is 211 Å². The van der Waals surface area contributed by atoms with E-state index in [2.05, 4.69) is 0 Å². The highest BCUT2D eigenvalue weighted by Crippen LogP contribution is 2.42. The van der Waals surface area contributed by atoms with Gasteiger partial charge in [-0.15, -0.1) is 0 Å². The van der Waals surface area contributed by atoms with E-state index in [0.29, 0.717) is 10.7 Å². The first-order valence-electron chi connectivity index (χ1n) is 11.5. The third-order valence-electron chi connectivity index (χ3n) is 5.77. The van der Waals surface area contributed by atoms with Gasteiger partial charge in [-0.3, -0.25) is 0 Å². The zero-order valence-electron chi connectivity index (χ0n) is 19.0. The molecule has 0 saturated carbocycles. The van der Waals surface area contributed by atoms with Gasteiger partial charge in [-0.2, -0.15) is 0 Å². The molecule has 4 aromatic rings. The molecule has 6 rings (SSSR count). The van der Waals surface area contributed by atoms with Crippen molar-refractivity contribution >= 4 is 52.8 Å². The average molecular weight is 497 g/mol. The second-order valence-electron chi connectivity index (χ2n) is 8.18. The van der Waals surface area contributed by atoms with Crippen molar-refractivity contribution < 1.29 is 22.5 Å². The molecular formula is C28H20BF2N2O2S+. The fourth-order valence-electron chi connectivity index (χ4n) is 4.22. The zero-order valence-corrected chi connectivity index (χ0v) is 19.8. The van der Waals surface area contributed by atoms with Crippen LogP contribution in [0.3, 0.4) is 0 Å². The van der Waals surface area contributed by atoms with Crippen molar-refractivity contribution in [2.45, 2.75) is 4.90 Å². The van der Waals surface area contributed by atoms with Crippen molar-refractivity contribution in [3.05, 3.63) is 127 Å². The Hall–Kier alpha value is -4.17. The first-order chi connectivity index (χ1) is 17.6. The molecule has 0 aliphatic carbocycles. The van der Waals surface area contributed by atoms with E-state index in [-0.39, 0.29) is 11.7 Å². The normalized spacial score (nSPS) is 18.1. The predicted molar refractivity (Wildman–Crippen MR) is 141 cm³/mol. The summed E-state index contributed by atoms with van der Waals surface area (Å²) in [6, 6.07) is 36.2. The Morgan fingerprint density at radius 1 is 0.667 bits per heavy atom. The number of para-hydroxylation sites is 3. The summed E-state index contributed by atoms with van der Waals surface area (Å²) in [4.78, 5) is 0.928. The number of rotatable bonds is 3. The van der Waals surface area contributed by atoms with Gasteiger partial charge < -0.3 is 17.9 Å². The van der Waals surface area contributed by atoms with Gasteiger partial charge in [0.2, 0.25) is 17.1 Å². The Morgan fingerprint density at radius 3 is 1.86 bits per heavy atom. The van der Waals surface area contributed by atoms with Gasteiger partial charge in [0.25, 0.3) is 0 Å². The molecule has 0 bridgehead atoms. The number of hydrogen-bond donors (Lipinski definition) is 0. The average Bonchev–Trinajstić information content (AvgIpc) is 3.29. The van der Waals surface area contributed by atoms with Crippen molar-refractivity contribution in [3.8, 4) is 0 Å². The minimum absolute atomic E-state index is 0.00517. The van der Waals surface area contributed by atoms with Crippen molar-refractivity contribution in [1.29, 1.82) is 0 Å². The van der Waals surface area contributed by atoms with Crippen LogP contribution in [0.25, 0.3) is 5.76 Å². The largest absolute Gasteiger partial charge is 0.729 e. The maximum Gasteiger partial charge on any atom is 0.729 e. The summed E-state index contributed by atoms with van der Waals surface area (Å²) in [6.07, 6.45) is 1.53. The van der Waals surface area contributed by atoms with E-state index in [9.17, 15) is 8.63 Å². The number of halogens is 2. The standard InChI is InChI=1S/C28H20BF2N2O2S/c30-29(31)34-25(21-12-4-1-5-13-21)20-27(35-29)33-24-18-10-11-19-26(24)36-28(33)32(22-14-6-2-7-15-22)23-16-8-3-9-17-23/h1-20H/q+1/b33-27-. The molecule has 0 atom stereocenters. The molecule has 0 N–H and O–H groups in total. The molecule has 0 amide bonds. The van der Waals surface area contributed by atoms with E-state index < -0.39 is 7.11 Å². The maximum absolute atomic E-state index is 14.9. The Morgan fingerprint density at radius 2 is 1.22 bits per heavy atom. The number of hydrogen-bond acceptors (Lipinski definition) is 3. The summed E-state index contributed by atoms with van der Waals surface area (Å²) in [6.45, 7) is 0. The monoisotopic (exact) mass is 497 g/mol. The van der Waals surface area contributed by atoms with Crippen LogP contribution in [0.15, 0.2) is 126 Å². The fraction of sp³-hybridized carbons (Fsp3) is 0. The lowest BCUT2D eigenvalue weighted by Crippen LogP contribution is -2.41. The van der Waals surface area contributed by atoms with Crippen LogP contribution in [0.2, 0.25) is 0 Å². The van der Waals surface area contributed by atoms with Gasteiger partial charge in [-0.25, -0.2) is 0 Å². The van der Waals surface area contributed by atoms with Crippen LogP contribution in [-0.2, 0) is 9.31 Å². The molecule has 0 fully saturated rings. The van der Waals surface area contributed by atoms with Crippen LogP contribution in [-0.4, -0.2) is 22.7 Å². The topological polar surface area (TPSA) is 24.5 Å². The molecule has 2 heterocycles. The van der Waals surface area contributed by atoms with E-state index in [1.807, 2.05) is 95.6 Å². The summed E-state index contributed by atoms with van der Waals surface area (Å²) < 4.78 is 43.8. The minimum atomic E-state index is -4.59. The molecule has 0 unspecified atom stereocenters. The molecule has 4 nitrogen and oxygen atoms in total.